The lowest BCUT2D eigenvalue weighted by molar-refractivity contribution is 0.126. The van der Waals surface area contributed by atoms with Gasteiger partial charge in [-0.2, -0.15) is 0 Å². The number of pyridine rings is 1. The van der Waals surface area contributed by atoms with Crippen LogP contribution in [0, 0.1) is 0 Å². The van der Waals surface area contributed by atoms with Crippen molar-refractivity contribution in [2.24, 2.45) is 0 Å². The van der Waals surface area contributed by atoms with Crippen molar-refractivity contribution in [2.75, 3.05) is 33.4 Å². The lowest BCUT2D eigenvalue weighted by Gasteiger charge is -2.19. The summed E-state index contributed by atoms with van der Waals surface area (Å²) in [7, 11) is 1.68. The van der Waals surface area contributed by atoms with E-state index in [4.69, 9.17) is 9.84 Å². The first-order valence-electron chi connectivity index (χ1n) is 6.08. The Balaban J connectivity index is 2.05. The lowest BCUT2D eigenvalue weighted by atomic mass is 10.4. The minimum Gasteiger partial charge on any atom is -0.395 e. The Morgan fingerprint density at radius 1 is 1.39 bits per heavy atom. The molecule has 2 heterocycles. The minimum absolute atomic E-state index is 0.150. The normalized spacial score (nSPS) is 11.5. The third-order valence-corrected chi connectivity index (χ3v) is 2.83. The quantitative estimate of drug-likeness (QED) is 0.787. The van der Waals surface area contributed by atoms with Crippen molar-refractivity contribution < 1.29 is 9.84 Å². The van der Waals surface area contributed by atoms with Gasteiger partial charge < -0.3 is 14.2 Å². The van der Waals surface area contributed by atoms with E-state index in [1.54, 1.807) is 7.11 Å². The zero-order valence-corrected chi connectivity index (χ0v) is 10.6. The van der Waals surface area contributed by atoms with E-state index in [-0.39, 0.29) is 6.61 Å². The van der Waals surface area contributed by atoms with Gasteiger partial charge in [0.2, 0.25) is 0 Å². The number of aliphatic hydroxyl groups excluding tert-OH is 1. The average Bonchev–Trinajstić information content (AvgIpc) is 2.78. The lowest BCUT2D eigenvalue weighted by Crippen LogP contribution is -2.29. The van der Waals surface area contributed by atoms with Gasteiger partial charge in [0.15, 0.2) is 0 Å². The summed E-state index contributed by atoms with van der Waals surface area (Å²) in [5.74, 6) is 0. The molecule has 0 spiro atoms. The minimum atomic E-state index is 0.150. The molecule has 0 atom stereocenters. The zero-order valence-electron chi connectivity index (χ0n) is 10.6. The predicted molar refractivity (Wildman–Crippen MR) is 69.4 cm³/mol. The molecule has 0 fully saturated rings. The van der Waals surface area contributed by atoms with Crippen LogP contribution in [0.25, 0.3) is 5.65 Å². The summed E-state index contributed by atoms with van der Waals surface area (Å²) in [6.07, 6.45) is 4.00. The van der Waals surface area contributed by atoms with Gasteiger partial charge in [-0.25, -0.2) is 4.98 Å². The Labute approximate surface area is 107 Å². The molecule has 0 aliphatic rings. The SMILES string of the molecule is COCCN(CCO)Cc1cn2ccccc2n1. The first-order chi connectivity index (χ1) is 8.83. The van der Waals surface area contributed by atoms with E-state index in [9.17, 15) is 0 Å². The highest BCUT2D eigenvalue weighted by Crippen LogP contribution is 2.07. The number of nitrogens with zero attached hydrogens (tertiary/aromatic N) is 3. The number of rotatable bonds is 7. The fraction of sp³-hybridized carbons (Fsp3) is 0.462. The Kier molecular flexibility index (Phi) is 4.69. The highest BCUT2D eigenvalue weighted by atomic mass is 16.5. The van der Waals surface area contributed by atoms with Gasteiger partial charge in [0.1, 0.15) is 5.65 Å². The number of aliphatic hydroxyl groups is 1. The van der Waals surface area contributed by atoms with Crippen molar-refractivity contribution >= 4 is 5.65 Å². The zero-order chi connectivity index (χ0) is 12.8. The summed E-state index contributed by atoms with van der Waals surface area (Å²) < 4.78 is 7.07. The molecule has 0 bridgehead atoms. The van der Waals surface area contributed by atoms with Crippen molar-refractivity contribution in [3.05, 3.63) is 36.3 Å². The second-order valence-corrected chi connectivity index (χ2v) is 4.19. The summed E-state index contributed by atoms with van der Waals surface area (Å²) in [6.45, 7) is 2.97. The largest absolute Gasteiger partial charge is 0.395 e. The number of aromatic nitrogens is 2. The van der Waals surface area contributed by atoms with Gasteiger partial charge >= 0.3 is 0 Å². The van der Waals surface area contributed by atoms with E-state index in [1.165, 1.54) is 0 Å². The van der Waals surface area contributed by atoms with Crippen LogP contribution >= 0.6 is 0 Å². The van der Waals surface area contributed by atoms with E-state index in [2.05, 4.69) is 9.88 Å². The first kappa shape index (κ1) is 13.0. The number of hydrogen-bond acceptors (Lipinski definition) is 4. The van der Waals surface area contributed by atoms with Crippen LogP contribution in [0.4, 0.5) is 0 Å². The van der Waals surface area contributed by atoms with E-state index < -0.39 is 0 Å². The maximum atomic E-state index is 9.05. The summed E-state index contributed by atoms with van der Waals surface area (Å²) in [4.78, 5) is 6.67. The van der Waals surface area contributed by atoms with Crippen LogP contribution in [0.1, 0.15) is 5.69 Å². The van der Waals surface area contributed by atoms with Gasteiger partial charge in [0.05, 0.1) is 18.9 Å². The summed E-state index contributed by atoms with van der Waals surface area (Å²) in [5, 5.41) is 9.05. The Bertz CT molecular complexity index is 451. The van der Waals surface area contributed by atoms with Gasteiger partial charge in [-0.1, -0.05) is 6.07 Å². The molecule has 0 unspecified atom stereocenters. The molecule has 18 heavy (non-hydrogen) atoms. The highest BCUT2D eigenvalue weighted by Gasteiger charge is 2.08. The van der Waals surface area contributed by atoms with Crippen LogP contribution < -0.4 is 0 Å². The third kappa shape index (κ3) is 3.29. The van der Waals surface area contributed by atoms with Crippen molar-refractivity contribution in [1.29, 1.82) is 0 Å². The number of hydrogen-bond donors (Lipinski definition) is 1. The van der Waals surface area contributed by atoms with Crippen LogP contribution in [0.3, 0.4) is 0 Å². The van der Waals surface area contributed by atoms with Crippen molar-refractivity contribution in [2.45, 2.75) is 6.54 Å². The summed E-state index contributed by atoms with van der Waals surface area (Å²) in [6, 6.07) is 5.94. The van der Waals surface area contributed by atoms with Crippen molar-refractivity contribution in [3.63, 3.8) is 0 Å². The Morgan fingerprint density at radius 2 is 2.28 bits per heavy atom. The molecule has 5 nitrogen and oxygen atoms in total. The van der Waals surface area contributed by atoms with E-state index in [1.807, 2.05) is 35.0 Å². The molecule has 0 amide bonds. The van der Waals surface area contributed by atoms with E-state index in [0.29, 0.717) is 13.2 Å². The van der Waals surface area contributed by atoms with Crippen molar-refractivity contribution in [1.82, 2.24) is 14.3 Å². The van der Waals surface area contributed by atoms with Crippen molar-refractivity contribution in [3.8, 4) is 0 Å². The van der Waals surface area contributed by atoms with Gasteiger partial charge in [-0.15, -0.1) is 0 Å². The summed E-state index contributed by atoms with van der Waals surface area (Å²) >= 11 is 0. The van der Waals surface area contributed by atoms with Gasteiger partial charge in [-0.05, 0) is 12.1 Å². The maximum Gasteiger partial charge on any atom is 0.137 e. The molecule has 0 aromatic carbocycles. The molecule has 0 saturated heterocycles. The standard InChI is InChI=1S/C13H19N3O2/c1-18-9-7-15(6-8-17)10-12-11-16-5-3-2-4-13(16)14-12/h2-5,11,17H,6-10H2,1H3. The molecule has 0 aliphatic heterocycles. The molecule has 0 radical (unpaired) electrons. The maximum absolute atomic E-state index is 9.05. The number of methoxy groups -OCH3 is 1. The number of ether oxygens (including phenoxy) is 1. The Hall–Kier alpha value is -1.43. The predicted octanol–water partition coefficient (Wildman–Crippen LogP) is 0.775. The summed E-state index contributed by atoms with van der Waals surface area (Å²) in [5.41, 5.74) is 1.95. The molecule has 98 valence electrons. The fourth-order valence-corrected chi connectivity index (χ4v) is 1.92. The second-order valence-electron chi connectivity index (χ2n) is 4.19. The smallest absolute Gasteiger partial charge is 0.137 e. The van der Waals surface area contributed by atoms with Crippen LogP contribution in [0.5, 0.6) is 0 Å². The van der Waals surface area contributed by atoms with Gasteiger partial charge in [-0.3, -0.25) is 4.90 Å². The van der Waals surface area contributed by atoms with Gasteiger partial charge in [0, 0.05) is 39.1 Å². The molecule has 0 aliphatic carbocycles. The van der Waals surface area contributed by atoms with Crippen LogP contribution in [-0.2, 0) is 11.3 Å². The monoisotopic (exact) mass is 249 g/mol. The fourth-order valence-electron chi connectivity index (χ4n) is 1.92. The topological polar surface area (TPSA) is 50.0 Å². The van der Waals surface area contributed by atoms with Crippen LogP contribution in [-0.4, -0.2) is 52.8 Å². The molecule has 0 saturated carbocycles. The Morgan fingerprint density at radius 3 is 3.00 bits per heavy atom. The molecule has 2 rings (SSSR count). The molecule has 2 aromatic rings. The van der Waals surface area contributed by atoms with E-state index >= 15 is 0 Å². The molecule has 1 N–H and O–H groups in total. The first-order valence-corrected chi connectivity index (χ1v) is 6.08. The highest BCUT2D eigenvalue weighted by molar-refractivity contribution is 5.39. The van der Waals surface area contributed by atoms with E-state index in [0.717, 1.165) is 24.4 Å². The molecular weight excluding hydrogens is 230 g/mol. The molecule has 2 aromatic heterocycles. The second kappa shape index (κ2) is 6.49. The number of fused-ring (bicyclic) bond motifs is 1. The average molecular weight is 249 g/mol. The number of imidazole rings is 1. The third-order valence-electron chi connectivity index (χ3n) is 2.83. The van der Waals surface area contributed by atoms with Crippen LogP contribution in [0.15, 0.2) is 30.6 Å². The van der Waals surface area contributed by atoms with Gasteiger partial charge in [0.25, 0.3) is 0 Å². The molecular formula is C13H19N3O2. The van der Waals surface area contributed by atoms with Crippen LogP contribution in [0.2, 0.25) is 0 Å². The molecule has 5 heteroatoms.